The van der Waals surface area contributed by atoms with Gasteiger partial charge in [0.15, 0.2) is 0 Å². The zero-order valence-corrected chi connectivity index (χ0v) is 12.2. The predicted molar refractivity (Wildman–Crippen MR) is 83.4 cm³/mol. The number of hydrogen-bond acceptors (Lipinski definition) is 3. The van der Waals surface area contributed by atoms with E-state index in [2.05, 4.69) is 0 Å². The maximum absolute atomic E-state index is 11.1. The Morgan fingerprint density at radius 3 is 1.35 bits per heavy atom. The first-order chi connectivity index (χ1) is 11.0. The first kappa shape index (κ1) is 16.2. The van der Waals surface area contributed by atoms with Crippen molar-refractivity contribution in [2.24, 2.45) is 0 Å². The molecule has 5 nitrogen and oxygen atoms in total. The molecule has 116 valence electrons. The van der Waals surface area contributed by atoms with Gasteiger partial charge in [-0.15, -0.1) is 0 Å². The van der Waals surface area contributed by atoms with Gasteiger partial charge in [-0.2, -0.15) is 0 Å². The maximum Gasteiger partial charge on any atom is 0.335 e. The fourth-order valence-corrected chi connectivity index (χ4v) is 2.16. The number of aromatic carboxylic acids is 2. The van der Waals surface area contributed by atoms with Crippen molar-refractivity contribution in [2.75, 3.05) is 0 Å². The molecule has 2 aromatic carbocycles. The van der Waals surface area contributed by atoms with Gasteiger partial charge in [0.1, 0.15) is 5.94 Å². The van der Waals surface area contributed by atoms with Gasteiger partial charge in [-0.3, -0.25) is 0 Å². The van der Waals surface area contributed by atoms with Crippen molar-refractivity contribution in [3.05, 3.63) is 76.4 Å². The molecule has 0 amide bonds. The van der Waals surface area contributed by atoms with Crippen molar-refractivity contribution < 1.29 is 24.6 Å². The molecule has 0 saturated heterocycles. The predicted octanol–water partition coefficient (Wildman–Crippen LogP) is 2.63. The summed E-state index contributed by atoms with van der Waals surface area (Å²) >= 11 is 0. The number of hydrogen-bond donors (Lipinski definition) is 2. The van der Waals surface area contributed by atoms with E-state index >= 15 is 0 Å². The normalized spacial score (nSPS) is 9.91. The molecule has 0 saturated carbocycles. The Labute approximate surface area is 132 Å². The summed E-state index contributed by atoms with van der Waals surface area (Å²) < 4.78 is 0. The van der Waals surface area contributed by atoms with Gasteiger partial charge in [-0.25, -0.2) is 14.4 Å². The van der Waals surface area contributed by atoms with E-state index < -0.39 is 11.9 Å². The SMILES string of the molecule is O=C=C(Cc1ccc(C(=O)O)cc1)Cc1ccc(C(=O)O)cc1. The van der Waals surface area contributed by atoms with E-state index in [4.69, 9.17) is 10.2 Å². The molecule has 0 atom stereocenters. The average molecular weight is 310 g/mol. The first-order valence-electron chi connectivity index (χ1n) is 6.87. The molecule has 0 heterocycles. The van der Waals surface area contributed by atoms with Crippen molar-refractivity contribution in [1.29, 1.82) is 0 Å². The summed E-state index contributed by atoms with van der Waals surface area (Å²) in [5, 5.41) is 17.7. The molecule has 5 heteroatoms. The molecule has 2 rings (SSSR count). The van der Waals surface area contributed by atoms with Crippen LogP contribution in [0, 0.1) is 0 Å². The van der Waals surface area contributed by atoms with Crippen LogP contribution in [0.2, 0.25) is 0 Å². The van der Waals surface area contributed by atoms with Crippen LogP contribution < -0.4 is 0 Å². The van der Waals surface area contributed by atoms with Crippen LogP contribution in [0.4, 0.5) is 0 Å². The van der Waals surface area contributed by atoms with Gasteiger partial charge in [0.25, 0.3) is 0 Å². The lowest BCUT2D eigenvalue weighted by atomic mass is 9.98. The number of allylic oxidation sites excluding steroid dienone is 1. The van der Waals surface area contributed by atoms with Crippen LogP contribution in [0.15, 0.2) is 54.1 Å². The van der Waals surface area contributed by atoms with Gasteiger partial charge in [0.05, 0.1) is 11.1 Å². The second kappa shape index (κ2) is 7.20. The number of carboxylic acid groups (broad SMARTS) is 2. The number of carbonyl (C=O) groups is 2. The highest BCUT2D eigenvalue weighted by Crippen LogP contribution is 2.14. The van der Waals surface area contributed by atoms with Crippen LogP contribution in [0.5, 0.6) is 0 Å². The van der Waals surface area contributed by atoms with Crippen molar-refractivity contribution >= 4 is 17.9 Å². The van der Waals surface area contributed by atoms with E-state index in [1.54, 1.807) is 24.3 Å². The number of carboxylic acids is 2. The van der Waals surface area contributed by atoms with Gasteiger partial charge in [-0.05, 0) is 35.4 Å². The summed E-state index contributed by atoms with van der Waals surface area (Å²) in [6.45, 7) is 0. The van der Waals surface area contributed by atoms with Crippen molar-refractivity contribution in [3.8, 4) is 0 Å². The Bertz CT molecular complexity index is 705. The smallest absolute Gasteiger partial charge is 0.335 e. The van der Waals surface area contributed by atoms with E-state index in [1.807, 2.05) is 5.94 Å². The quantitative estimate of drug-likeness (QED) is 0.800. The van der Waals surface area contributed by atoms with E-state index in [-0.39, 0.29) is 11.1 Å². The van der Waals surface area contributed by atoms with Crippen LogP contribution in [-0.2, 0) is 17.6 Å². The van der Waals surface area contributed by atoms with Gasteiger partial charge in [0.2, 0.25) is 0 Å². The molecule has 0 aliphatic heterocycles. The number of rotatable bonds is 6. The first-order valence-corrected chi connectivity index (χ1v) is 6.87. The molecule has 0 bridgehead atoms. The largest absolute Gasteiger partial charge is 0.478 e. The minimum atomic E-state index is -0.999. The monoisotopic (exact) mass is 310 g/mol. The highest BCUT2D eigenvalue weighted by molar-refractivity contribution is 5.88. The molecule has 2 N–H and O–H groups in total. The summed E-state index contributed by atoms with van der Waals surface area (Å²) in [4.78, 5) is 32.7. The fraction of sp³-hybridized carbons (Fsp3) is 0.111. The van der Waals surface area contributed by atoms with Gasteiger partial charge >= 0.3 is 11.9 Å². The van der Waals surface area contributed by atoms with E-state index in [1.165, 1.54) is 24.3 Å². The maximum atomic E-state index is 11.1. The zero-order valence-electron chi connectivity index (χ0n) is 12.2. The molecule has 0 aliphatic rings. The molecule has 2 aromatic rings. The van der Waals surface area contributed by atoms with Crippen LogP contribution >= 0.6 is 0 Å². The molecule has 23 heavy (non-hydrogen) atoms. The Hall–Kier alpha value is -3.17. The van der Waals surface area contributed by atoms with Crippen molar-refractivity contribution in [1.82, 2.24) is 0 Å². The minimum absolute atomic E-state index is 0.189. The molecule has 0 fully saturated rings. The van der Waals surface area contributed by atoms with Crippen molar-refractivity contribution in [2.45, 2.75) is 12.8 Å². The molecule has 0 aliphatic carbocycles. The second-order valence-corrected chi connectivity index (χ2v) is 5.06. The molecule has 0 aromatic heterocycles. The van der Waals surface area contributed by atoms with Crippen LogP contribution in [0.1, 0.15) is 31.8 Å². The highest BCUT2D eigenvalue weighted by Gasteiger charge is 2.07. The third-order valence-corrected chi connectivity index (χ3v) is 3.38. The molecule has 0 unspecified atom stereocenters. The lowest BCUT2D eigenvalue weighted by Crippen LogP contribution is -2.00. The van der Waals surface area contributed by atoms with E-state index in [0.29, 0.717) is 18.4 Å². The fourth-order valence-electron chi connectivity index (χ4n) is 2.16. The average Bonchev–Trinajstić information content (AvgIpc) is 2.55. The second-order valence-electron chi connectivity index (χ2n) is 5.06. The molecule has 0 spiro atoms. The Kier molecular flexibility index (Phi) is 5.07. The van der Waals surface area contributed by atoms with E-state index in [9.17, 15) is 14.4 Å². The summed E-state index contributed by atoms with van der Waals surface area (Å²) in [6, 6.07) is 12.6. The Balaban J connectivity index is 2.07. The van der Waals surface area contributed by atoms with Crippen LogP contribution in [-0.4, -0.2) is 28.1 Å². The van der Waals surface area contributed by atoms with Crippen LogP contribution in [0.3, 0.4) is 0 Å². The third-order valence-electron chi connectivity index (χ3n) is 3.38. The van der Waals surface area contributed by atoms with Crippen molar-refractivity contribution in [3.63, 3.8) is 0 Å². The lowest BCUT2D eigenvalue weighted by molar-refractivity contribution is 0.0686. The highest BCUT2D eigenvalue weighted by atomic mass is 16.4. The minimum Gasteiger partial charge on any atom is -0.478 e. The Morgan fingerprint density at radius 2 is 1.09 bits per heavy atom. The summed E-state index contributed by atoms with van der Waals surface area (Å²) in [7, 11) is 0. The standard InChI is InChI=1S/C18H14O5/c19-11-14(9-12-1-5-15(6-2-12)17(20)21)10-13-3-7-16(8-4-13)18(22)23/h1-8H,9-10H2,(H,20,21)(H,22,23). The Morgan fingerprint density at radius 1 is 0.739 bits per heavy atom. The topological polar surface area (TPSA) is 91.7 Å². The van der Waals surface area contributed by atoms with Gasteiger partial charge < -0.3 is 10.2 Å². The van der Waals surface area contributed by atoms with Crippen LogP contribution in [0.25, 0.3) is 0 Å². The van der Waals surface area contributed by atoms with Gasteiger partial charge in [-0.1, -0.05) is 24.3 Å². The summed E-state index contributed by atoms with van der Waals surface area (Å²) in [5.74, 6) is -0.0899. The summed E-state index contributed by atoms with van der Waals surface area (Å²) in [6.07, 6.45) is 0.730. The molecular formula is C18H14O5. The molecule has 0 radical (unpaired) electrons. The third kappa shape index (κ3) is 4.40. The lowest BCUT2D eigenvalue weighted by Gasteiger charge is -2.05. The number of benzene rings is 2. The molecular weight excluding hydrogens is 296 g/mol. The summed E-state index contributed by atoms with van der Waals surface area (Å²) in [5.41, 5.74) is 2.52. The van der Waals surface area contributed by atoms with E-state index in [0.717, 1.165) is 11.1 Å². The zero-order chi connectivity index (χ0) is 16.8. The van der Waals surface area contributed by atoms with Gasteiger partial charge in [0, 0.05) is 18.4 Å². The number of carbonyl (C=O) groups excluding carboxylic acids is 1.